The topological polar surface area (TPSA) is 287 Å². The number of aliphatic carboxylic acids is 1. The SMILES string of the molecule is CC[C@H](N)C(=O)N[C@@H]1C(=O)N2[C@@H](CC[C@@H]1Cn1cc(CO[C@H](C)[C@H](NC(=O)[C@H](C)NC)C(=O)N3CCC[C@H]3Cn3nnnc3Sc3ccccc3)nn1)CC[C@H]2C(=O)NC(c1ccccc1)c1ccccc1.O=C(O)C(F)(F)F. The van der Waals surface area contributed by atoms with E-state index in [2.05, 4.69) is 47.1 Å². The molecule has 0 unspecified atom stereocenters. The van der Waals surface area contributed by atoms with Gasteiger partial charge in [0.2, 0.25) is 34.7 Å². The summed E-state index contributed by atoms with van der Waals surface area (Å²) in [5, 5.41) is 41.0. The third kappa shape index (κ3) is 15.5. The number of hydrogen-bond donors (Lipinski definition) is 6. The molecule has 7 N–H and O–H groups in total. The molecule has 424 valence electrons. The Morgan fingerprint density at radius 1 is 0.848 bits per heavy atom. The molecule has 3 saturated heterocycles. The molecule has 0 saturated carbocycles. The Hall–Kier alpha value is -7.29. The van der Waals surface area contributed by atoms with Crippen molar-refractivity contribution in [3.63, 3.8) is 0 Å². The van der Waals surface area contributed by atoms with Gasteiger partial charge < -0.3 is 46.6 Å². The van der Waals surface area contributed by atoms with Crippen LogP contribution in [-0.4, -0.2) is 154 Å². The van der Waals surface area contributed by atoms with Crippen molar-refractivity contribution in [2.45, 2.75) is 156 Å². The zero-order valence-electron chi connectivity index (χ0n) is 44.2. The molecule has 3 aliphatic rings. The van der Waals surface area contributed by atoms with E-state index in [1.54, 1.807) is 46.3 Å². The molecule has 3 aliphatic heterocycles. The number of rotatable bonds is 21. The minimum Gasteiger partial charge on any atom is -0.475 e. The number of likely N-dealkylation sites (tertiary alicyclic amines) is 1. The highest BCUT2D eigenvalue weighted by atomic mass is 32.2. The van der Waals surface area contributed by atoms with Crippen molar-refractivity contribution in [2.75, 3.05) is 13.6 Å². The van der Waals surface area contributed by atoms with Gasteiger partial charge >= 0.3 is 12.1 Å². The molecule has 0 bridgehead atoms. The van der Waals surface area contributed by atoms with Crippen molar-refractivity contribution >= 4 is 47.3 Å². The zero-order chi connectivity index (χ0) is 56.8. The first-order valence-corrected chi connectivity index (χ1v) is 27.0. The first-order chi connectivity index (χ1) is 37.9. The normalized spacial score (nSPS) is 20.7. The maximum Gasteiger partial charge on any atom is 0.490 e. The summed E-state index contributed by atoms with van der Waals surface area (Å²) in [6.45, 7) is 6.32. The molecule has 3 fully saturated rings. The predicted octanol–water partition coefficient (Wildman–Crippen LogP) is 3.64. The van der Waals surface area contributed by atoms with Gasteiger partial charge in [-0.15, -0.1) is 10.2 Å². The van der Waals surface area contributed by atoms with E-state index in [1.165, 1.54) is 11.8 Å². The number of benzene rings is 3. The smallest absolute Gasteiger partial charge is 0.475 e. The number of fused-ring (bicyclic) bond motifs is 1. The van der Waals surface area contributed by atoms with Crippen LogP contribution >= 0.6 is 11.8 Å². The Morgan fingerprint density at radius 2 is 1.48 bits per heavy atom. The van der Waals surface area contributed by atoms with Gasteiger partial charge in [0.25, 0.3) is 0 Å². The highest BCUT2D eigenvalue weighted by Crippen LogP contribution is 2.36. The molecule has 0 radical (unpaired) electrons. The molecule has 3 aromatic carbocycles. The summed E-state index contributed by atoms with van der Waals surface area (Å²) in [6, 6.07) is 24.2. The van der Waals surface area contributed by atoms with Crippen LogP contribution in [0.3, 0.4) is 0 Å². The van der Waals surface area contributed by atoms with Crippen LogP contribution in [0, 0.1) is 5.92 Å². The van der Waals surface area contributed by atoms with E-state index >= 15 is 0 Å². The maximum absolute atomic E-state index is 14.9. The summed E-state index contributed by atoms with van der Waals surface area (Å²) in [4.78, 5) is 84.0. The van der Waals surface area contributed by atoms with E-state index in [0.717, 1.165) is 28.9 Å². The Bertz CT molecular complexity index is 2790. The lowest BCUT2D eigenvalue weighted by Gasteiger charge is -2.33. The third-order valence-electron chi connectivity index (χ3n) is 14.4. The van der Waals surface area contributed by atoms with Crippen molar-refractivity contribution in [1.29, 1.82) is 0 Å². The number of halogens is 3. The number of carboxylic acids is 1. The molecule has 26 heteroatoms. The number of nitrogens with one attached hydrogen (secondary N) is 4. The lowest BCUT2D eigenvalue weighted by atomic mass is 9.92. The van der Waals surface area contributed by atoms with Gasteiger partial charge in [0.15, 0.2) is 0 Å². The van der Waals surface area contributed by atoms with Crippen molar-refractivity contribution in [2.24, 2.45) is 11.7 Å². The summed E-state index contributed by atoms with van der Waals surface area (Å²) in [5.74, 6) is -4.85. The van der Waals surface area contributed by atoms with Crippen LogP contribution in [0.1, 0.15) is 88.6 Å². The van der Waals surface area contributed by atoms with Crippen LogP contribution < -0.4 is 27.0 Å². The van der Waals surface area contributed by atoms with Gasteiger partial charge in [-0.2, -0.15) is 13.2 Å². The number of ether oxygens (including phenoxy) is 1. The summed E-state index contributed by atoms with van der Waals surface area (Å²) < 4.78 is 41.4. The van der Waals surface area contributed by atoms with Crippen LogP contribution in [0.25, 0.3) is 0 Å². The highest BCUT2D eigenvalue weighted by Gasteiger charge is 2.48. The first-order valence-electron chi connectivity index (χ1n) is 26.2. The second kappa shape index (κ2) is 27.5. The number of amides is 5. The summed E-state index contributed by atoms with van der Waals surface area (Å²) >= 11 is 1.44. The quantitative estimate of drug-likeness (QED) is 0.0612. The second-order valence-corrected chi connectivity index (χ2v) is 20.8. The van der Waals surface area contributed by atoms with Crippen molar-refractivity contribution < 1.29 is 51.8 Å². The van der Waals surface area contributed by atoms with Crippen molar-refractivity contribution in [1.82, 2.24) is 66.3 Å². The first kappa shape index (κ1) is 59.4. The van der Waals surface area contributed by atoms with Crippen molar-refractivity contribution in [3.8, 4) is 0 Å². The fraction of sp³-hybridized carbons (Fsp3) is 0.491. The number of nitrogens with zero attached hydrogens (tertiary/aromatic N) is 9. The molecular formula is C53H67F3N14O8S. The maximum atomic E-state index is 14.9. The molecule has 22 nitrogen and oxygen atoms in total. The Morgan fingerprint density at radius 3 is 2.10 bits per heavy atom. The largest absolute Gasteiger partial charge is 0.490 e. The molecule has 5 amide bonds. The van der Waals surface area contributed by atoms with Crippen LogP contribution in [0.15, 0.2) is 107 Å². The van der Waals surface area contributed by atoms with E-state index in [4.69, 9.17) is 20.4 Å². The zero-order valence-corrected chi connectivity index (χ0v) is 45.1. The van der Waals surface area contributed by atoms with Gasteiger partial charge in [-0.1, -0.05) is 91.0 Å². The molecule has 9 atom stereocenters. The number of nitrogens with two attached hydrogens (primary N) is 1. The number of tetrazole rings is 1. The molecule has 0 spiro atoms. The van der Waals surface area contributed by atoms with E-state index < -0.39 is 66.3 Å². The molecule has 2 aromatic heterocycles. The minimum absolute atomic E-state index is 0.0365. The van der Waals surface area contributed by atoms with Gasteiger partial charge in [-0.3, -0.25) is 28.7 Å². The Labute approximate surface area is 459 Å². The number of carboxylic acid groups (broad SMARTS) is 1. The average molecular weight is 1120 g/mol. The molecular weight excluding hydrogens is 1050 g/mol. The van der Waals surface area contributed by atoms with Crippen LogP contribution in [0.4, 0.5) is 13.2 Å². The van der Waals surface area contributed by atoms with Crippen molar-refractivity contribution in [3.05, 3.63) is 114 Å². The third-order valence-corrected chi connectivity index (χ3v) is 15.4. The molecule has 5 heterocycles. The summed E-state index contributed by atoms with van der Waals surface area (Å²) in [6.07, 6.45) is 0.0208. The minimum atomic E-state index is -5.08. The summed E-state index contributed by atoms with van der Waals surface area (Å²) in [5.41, 5.74) is 8.50. The van der Waals surface area contributed by atoms with Gasteiger partial charge in [-0.05, 0) is 111 Å². The fourth-order valence-corrected chi connectivity index (χ4v) is 10.7. The van der Waals surface area contributed by atoms with Gasteiger partial charge in [-0.25, -0.2) is 9.48 Å². The number of alkyl halides is 3. The van der Waals surface area contributed by atoms with Gasteiger partial charge in [0, 0.05) is 29.9 Å². The molecule has 79 heavy (non-hydrogen) atoms. The number of carbonyl (C=O) groups is 6. The Kier molecular flexibility index (Phi) is 20.7. The standard InChI is InChI=1S/C51H66N14O6S.C2HF3O2/c1-5-41(52)47(67)56-45-36(23-24-38-25-26-42(65(38)50(45)70)48(68)55-44(34-16-9-6-10-17-34)35-18-11-7-12-19-35)28-62-29-37(57-60-62)31-71-33(3)43(54-46(66)32(2)53-4)49(69)63-27-15-20-39(63)30-64-51(58-59-61-64)72-40-21-13-8-14-22-40;3-2(4,5)1(6)7/h6-14,16-19,21-22,29,32-33,36,38-39,41-45,53H,5,15,20,23-28,30-31,52H2,1-4H3,(H,54,66)(H,55,68)(H,56,67);(H,6,7)/t32-,33+,36+,38-,39-,41-,42-,43-,45-;/m0./s1. The number of aromatic nitrogens is 7. The lowest BCUT2D eigenvalue weighted by Crippen LogP contribution is -2.58. The fourth-order valence-electron chi connectivity index (χ4n) is 9.91. The molecule has 5 aromatic rings. The molecule has 8 rings (SSSR count). The second-order valence-electron chi connectivity index (χ2n) is 19.7. The summed E-state index contributed by atoms with van der Waals surface area (Å²) in [7, 11) is 1.67. The van der Waals surface area contributed by atoms with E-state index in [1.807, 2.05) is 97.9 Å². The lowest BCUT2D eigenvalue weighted by molar-refractivity contribution is -0.192. The van der Waals surface area contributed by atoms with E-state index in [0.29, 0.717) is 56.0 Å². The number of carbonyl (C=O) groups excluding carboxylic acids is 5. The monoisotopic (exact) mass is 1120 g/mol. The van der Waals surface area contributed by atoms with Gasteiger partial charge in [0.05, 0.1) is 49.6 Å². The number of hydrogen-bond acceptors (Lipinski definition) is 15. The number of likely N-dealkylation sites (N-methyl/N-ethyl adjacent to an activating group) is 1. The van der Waals surface area contributed by atoms with Crippen LogP contribution in [0.2, 0.25) is 0 Å². The Balaban J connectivity index is 0.00000121. The molecule has 0 aliphatic carbocycles. The van der Waals surface area contributed by atoms with E-state index in [-0.39, 0.29) is 48.9 Å². The average Bonchev–Trinajstić information content (AvgIpc) is 4.30. The van der Waals surface area contributed by atoms with Crippen LogP contribution in [-0.2, 0) is 53.2 Å². The van der Waals surface area contributed by atoms with Crippen LogP contribution in [0.5, 0.6) is 0 Å². The van der Waals surface area contributed by atoms with Gasteiger partial charge in [0.1, 0.15) is 23.8 Å². The van der Waals surface area contributed by atoms with E-state index in [9.17, 15) is 37.1 Å². The predicted molar refractivity (Wildman–Crippen MR) is 281 cm³/mol. The highest BCUT2D eigenvalue weighted by molar-refractivity contribution is 7.99.